The van der Waals surface area contributed by atoms with Gasteiger partial charge in [-0.3, -0.25) is 9.48 Å². The molecule has 0 saturated heterocycles. The van der Waals surface area contributed by atoms with E-state index < -0.39 is 30.7 Å². The van der Waals surface area contributed by atoms with Crippen LogP contribution in [0.2, 0.25) is 0 Å². The van der Waals surface area contributed by atoms with E-state index >= 15 is 0 Å². The van der Waals surface area contributed by atoms with Crippen molar-refractivity contribution in [2.24, 2.45) is 0 Å². The summed E-state index contributed by atoms with van der Waals surface area (Å²) in [5, 5.41) is 6.28. The molecular formula is C16H17F4N3O3. The molecule has 1 amide bonds. The number of halogens is 4. The van der Waals surface area contributed by atoms with Gasteiger partial charge in [0.25, 0.3) is 6.43 Å². The molecule has 2 aromatic rings. The number of carbonyl (C=O) groups is 1. The van der Waals surface area contributed by atoms with Crippen molar-refractivity contribution in [3.05, 3.63) is 35.7 Å². The standard InChI is InChI=1S/C16H17F4N3O3/c1-8-6-11(14(17)18)22-23(8)9(2)15(24)21-10-4-5-12(26-16(19)20)13(7-10)25-3/h4-7,9,14,16H,1-3H3,(H,21,24). The number of ether oxygens (including phenoxy) is 2. The Morgan fingerprint density at radius 3 is 2.42 bits per heavy atom. The van der Waals surface area contributed by atoms with E-state index in [1.165, 1.54) is 43.0 Å². The number of methoxy groups -OCH3 is 1. The van der Waals surface area contributed by atoms with Gasteiger partial charge in [-0.1, -0.05) is 0 Å². The van der Waals surface area contributed by atoms with Gasteiger partial charge in [-0.15, -0.1) is 0 Å². The summed E-state index contributed by atoms with van der Waals surface area (Å²) >= 11 is 0. The highest BCUT2D eigenvalue weighted by Gasteiger charge is 2.22. The second-order valence-electron chi connectivity index (χ2n) is 5.37. The first-order valence-electron chi connectivity index (χ1n) is 7.50. The fraction of sp³-hybridized carbons (Fsp3) is 0.375. The second-order valence-corrected chi connectivity index (χ2v) is 5.37. The molecule has 0 aliphatic rings. The van der Waals surface area contributed by atoms with Gasteiger partial charge in [0.05, 0.1) is 7.11 Å². The molecule has 1 atom stereocenters. The zero-order chi connectivity index (χ0) is 19.4. The van der Waals surface area contributed by atoms with Crippen molar-refractivity contribution in [1.82, 2.24) is 9.78 Å². The summed E-state index contributed by atoms with van der Waals surface area (Å²) < 4.78 is 60.5. The van der Waals surface area contributed by atoms with Crippen molar-refractivity contribution in [3.63, 3.8) is 0 Å². The number of anilines is 1. The minimum absolute atomic E-state index is 0.00556. The zero-order valence-electron chi connectivity index (χ0n) is 14.2. The molecule has 0 saturated carbocycles. The highest BCUT2D eigenvalue weighted by molar-refractivity contribution is 5.93. The van der Waals surface area contributed by atoms with E-state index in [0.29, 0.717) is 5.69 Å². The quantitative estimate of drug-likeness (QED) is 0.745. The van der Waals surface area contributed by atoms with Crippen LogP contribution in [0.25, 0.3) is 0 Å². The molecule has 1 unspecified atom stereocenters. The van der Waals surface area contributed by atoms with Gasteiger partial charge >= 0.3 is 6.61 Å². The van der Waals surface area contributed by atoms with Gasteiger partial charge in [-0.2, -0.15) is 13.9 Å². The lowest BCUT2D eigenvalue weighted by Gasteiger charge is -2.16. The predicted octanol–water partition coefficient (Wildman–Crippen LogP) is 3.94. The SMILES string of the molecule is COc1cc(NC(=O)C(C)n2nc(C(F)F)cc2C)ccc1OC(F)F. The van der Waals surface area contributed by atoms with E-state index in [1.807, 2.05) is 0 Å². The Morgan fingerprint density at radius 1 is 1.19 bits per heavy atom. The van der Waals surface area contributed by atoms with Crippen molar-refractivity contribution in [3.8, 4) is 11.5 Å². The Balaban J connectivity index is 2.16. The zero-order valence-corrected chi connectivity index (χ0v) is 14.2. The average Bonchev–Trinajstić information content (AvgIpc) is 2.97. The van der Waals surface area contributed by atoms with Gasteiger partial charge in [0.2, 0.25) is 5.91 Å². The van der Waals surface area contributed by atoms with E-state index in [9.17, 15) is 22.4 Å². The Morgan fingerprint density at radius 2 is 1.88 bits per heavy atom. The summed E-state index contributed by atoms with van der Waals surface area (Å²) in [6.07, 6.45) is -2.74. The predicted molar refractivity (Wildman–Crippen MR) is 84.9 cm³/mol. The van der Waals surface area contributed by atoms with E-state index in [0.717, 1.165) is 0 Å². The molecule has 0 radical (unpaired) electrons. The van der Waals surface area contributed by atoms with Crippen LogP contribution in [-0.2, 0) is 4.79 Å². The monoisotopic (exact) mass is 375 g/mol. The summed E-state index contributed by atoms with van der Waals surface area (Å²) in [4.78, 5) is 12.4. The Kier molecular flexibility index (Phi) is 6.06. The number of hydrogen-bond acceptors (Lipinski definition) is 4. The minimum atomic E-state index is -3.02. The third-order valence-corrected chi connectivity index (χ3v) is 3.56. The summed E-state index contributed by atoms with van der Waals surface area (Å²) in [5.41, 5.74) is 0.248. The molecule has 1 aromatic carbocycles. The number of aryl methyl sites for hydroxylation is 1. The molecule has 0 fully saturated rings. The first-order valence-corrected chi connectivity index (χ1v) is 7.50. The van der Waals surface area contributed by atoms with Crippen LogP contribution in [0.15, 0.2) is 24.3 Å². The highest BCUT2D eigenvalue weighted by Crippen LogP contribution is 2.31. The van der Waals surface area contributed by atoms with Crippen molar-refractivity contribution in [1.29, 1.82) is 0 Å². The molecule has 26 heavy (non-hydrogen) atoms. The molecule has 1 N–H and O–H groups in total. The van der Waals surface area contributed by atoms with Gasteiger partial charge in [-0.25, -0.2) is 8.78 Å². The van der Waals surface area contributed by atoms with Gasteiger partial charge < -0.3 is 14.8 Å². The Labute approximate surface area is 146 Å². The summed E-state index contributed by atoms with van der Waals surface area (Å²) in [7, 11) is 1.26. The van der Waals surface area contributed by atoms with Crippen LogP contribution in [-0.4, -0.2) is 29.4 Å². The Bertz CT molecular complexity index is 780. The summed E-state index contributed by atoms with van der Waals surface area (Å²) in [6, 6.07) is 4.21. The van der Waals surface area contributed by atoms with Crippen molar-refractivity contribution in [2.45, 2.75) is 32.9 Å². The van der Waals surface area contributed by atoms with Gasteiger partial charge in [0, 0.05) is 17.4 Å². The molecule has 10 heteroatoms. The second kappa shape index (κ2) is 8.07. The molecule has 2 rings (SSSR count). The van der Waals surface area contributed by atoms with Crippen LogP contribution < -0.4 is 14.8 Å². The number of rotatable bonds is 7. The van der Waals surface area contributed by atoms with Crippen LogP contribution in [0, 0.1) is 6.92 Å². The van der Waals surface area contributed by atoms with Crippen molar-refractivity contribution < 1.29 is 31.8 Å². The van der Waals surface area contributed by atoms with Gasteiger partial charge in [-0.05, 0) is 32.0 Å². The van der Waals surface area contributed by atoms with Crippen LogP contribution in [0.5, 0.6) is 11.5 Å². The van der Waals surface area contributed by atoms with Crippen molar-refractivity contribution >= 4 is 11.6 Å². The number of alkyl halides is 4. The number of aromatic nitrogens is 2. The molecule has 1 aromatic heterocycles. The maximum atomic E-state index is 12.7. The normalized spacial score (nSPS) is 12.3. The smallest absolute Gasteiger partial charge is 0.387 e. The van der Waals surface area contributed by atoms with Gasteiger partial charge in [0.15, 0.2) is 11.5 Å². The molecule has 0 aliphatic heterocycles. The summed E-state index contributed by atoms with van der Waals surface area (Å²) in [5.74, 6) is -0.703. The van der Waals surface area contributed by atoms with Gasteiger partial charge in [0.1, 0.15) is 11.7 Å². The number of benzene rings is 1. The lowest BCUT2D eigenvalue weighted by molar-refractivity contribution is -0.119. The average molecular weight is 375 g/mol. The number of nitrogens with one attached hydrogen (secondary N) is 1. The van der Waals surface area contributed by atoms with Crippen molar-refractivity contribution in [2.75, 3.05) is 12.4 Å². The molecule has 1 heterocycles. The number of hydrogen-bond donors (Lipinski definition) is 1. The lowest BCUT2D eigenvalue weighted by Crippen LogP contribution is -2.25. The minimum Gasteiger partial charge on any atom is -0.493 e. The van der Waals surface area contributed by atoms with E-state index in [1.54, 1.807) is 6.92 Å². The van der Waals surface area contributed by atoms with Crippen LogP contribution in [0.1, 0.15) is 30.8 Å². The topological polar surface area (TPSA) is 65.4 Å². The van der Waals surface area contributed by atoms with Crippen LogP contribution in [0.4, 0.5) is 23.2 Å². The molecule has 0 spiro atoms. The maximum Gasteiger partial charge on any atom is 0.387 e. The van der Waals surface area contributed by atoms with Crippen LogP contribution in [0.3, 0.4) is 0 Å². The Hall–Kier alpha value is -2.78. The fourth-order valence-corrected chi connectivity index (χ4v) is 2.31. The fourth-order valence-electron chi connectivity index (χ4n) is 2.31. The maximum absolute atomic E-state index is 12.7. The number of carbonyl (C=O) groups excluding carboxylic acids is 1. The third-order valence-electron chi connectivity index (χ3n) is 3.56. The van der Waals surface area contributed by atoms with Crippen LogP contribution >= 0.6 is 0 Å². The third kappa shape index (κ3) is 4.44. The first-order chi connectivity index (χ1) is 12.2. The lowest BCUT2D eigenvalue weighted by atomic mass is 10.2. The summed E-state index contributed by atoms with van der Waals surface area (Å²) in [6.45, 7) is 0.0364. The highest BCUT2D eigenvalue weighted by atomic mass is 19.3. The molecular weight excluding hydrogens is 358 g/mol. The number of amides is 1. The van der Waals surface area contributed by atoms with E-state index in [-0.39, 0.29) is 17.2 Å². The van der Waals surface area contributed by atoms with E-state index in [4.69, 9.17) is 4.74 Å². The largest absolute Gasteiger partial charge is 0.493 e. The molecule has 0 bridgehead atoms. The van der Waals surface area contributed by atoms with E-state index in [2.05, 4.69) is 15.2 Å². The first kappa shape index (κ1) is 19.5. The molecule has 6 nitrogen and oxygen atoms in total. The molecule has 0 aliphatic carbocycles. The number of nitrogens with zero attached hydrogens (tertiary/aromatic N) is 2. The molecule has 142 valence electrons.